The number of nitrogens with zero attached hydrogens (tertiary/aromatic N) is 2. The van der Waals surface area contributed by atoms with Crippen molar-refractivity contribution in [1.82, 2.24) is 15.1 Å². The van der Waals surface area contributed by atoms with E-state index in [4.69, 9.17) is 9.84 Å². The summed E-state index contributed by atoms with van der Waals surface area (Å²) in [5, 5.41) is 19.3. The predicted molar refractivity (Wildman–Crippen MR) is 125 cm³/mol. The molecule has 0 spiro atoms. The molecule has 0 fully saturated rings. The molecule has 1 atom stereocenters. The molecule has 172 valence electrons. The number of nitrogens with one attached hydrogen (secondary N) is 2. The van der Waals surface area contributed by atoms with Crippen LogP contribution < -0.4 is 15.4 Å². The first-order valence-corrected chi connectivity index (χ1v) is 10.9. The number of rotatable bonds is 6. The number of amides is 2. The van der Waals surface area contributed by atoms with Gasteiger partial charge in [-0.3, -0.25) is 10.1 Å². The number of benzene rings is 2. The highest BCUT2D eigenvalue weighted by Gasteiger charge is 2.38. The minimum Gasteiger partial charge on any atom is -0.474 e. The van der Waals surface area contributed by atoms with E-state index >= 15 is 0 Å². The molecule has 0 saturated heterocycles. The molecule has 33 heavy (non-hydrogen) atoms. The van der Waals surface area contributed by atoms with Crippen molar-refractivity contribution in [3.63, 3.8) is 0 Å². The Balaban J connectivity index is 1.62. The summed E-state index contributed by atoms with van der Waals surface area (Å²) in [4.78, 5) is 26.0. The lowest BCUT2D eigenvalue weighted by Gasteiger charge is -2.36. The summed E-state index contributed by atoms with van der Waals surface area (Å²) in [7, 11) is 0. The van der Waals surface area contributed by atoms with E-state index in [0.717, 1.165) is 16.8 Å². The number of urea groups is 1. The van der Waals surface area contributed by atoms with Gasteiger partial charge in [0.15, 0.2) is 5.78 Å². The zero-order valence-electron chi connectivity index (χ0n) is 19.0. The van der Waals surface area contributed by atoms with Crippen molar-refractivity contribution in [1.29, 1.82) is 0 Å². The summed E-state index contributed by atoms with van der Waals surface area (Å²) in [6.07, 6.45) is 0.342. The van der Waals surface area contributed by atoms with Crippen molar-refractivity contribution in [2.45, 2.75) is 38.6 Å². The standard InChI is InChI=1S/C25H28N4O4/c1-16-22(29(17-9-5-4-6-10-17)28-23(16)33-14-13-30)27-24(32)26-21-18-11-7-8-12-19(18)25(2,3)15-20(21)31/h4-12,21,30H,13-15H2,1-3H3,(H2,26,27,32)/t21-/m1/s1. The van der Waals surface area contributed by atoms with Crippen molar-refractivity contribution in [3.8, 4) is 11.6 Å². The van der Waals surface area contributed by atoms with Gasteiger partial charge in [0.1, 0.15) is 18.5 Å². The molecule has 1 heterocycles. The van der Waals surface area contributed by atoms with Crippen LogP contribution in [-0.4, -0.2) is 39.9 Å². The fourth-order valence-electron chi connectivity index (χ4n) is 4.26. The predicted octanol–water partition coefficient (Wildman–Crippen LogP) is 3.67. The van der Waals surface area contributed by atoms with Crippen LogP contribution >= 0.6 is 0 Å². The summed E-state index contributed by atoms with van der Waals surface area (Å²) in [6.45, 7) is 5.78. The quantitative estimate of drug-likeness (QED) is 0.534. The van der Waals surface area contributed by atoms with E-state index in [2.05, 4.69) is 15.7 Å². The van der Waals surface area contributed by atoms with Crippen LogP contribution in [0.3, 0.4) is 0 Å². The van der Waals surface area contributed by atoms with Gasteiger partial charge in [-0.1, -0.05) is 56.3 Å². The highest BCUT2D eigenvalue weighted by atomic mass is 16.5. The average Bonchev–Trinajstić information content (AvgIpc) is 3.10. The molecule has 3 N–H and O–H groups in total. The molecule has 8 heteroatoms. The Morgan fingerprint density at radius 2 is 1.88 bits per heavy atom. The minimum absolute atomic E-state index is 0.0332. The maximum absolute atomic E-state index is 13.1. The lowest BCUT2D eigenvalue weighted by molar-refractivity contribution is -0.122. The maximum Gasteiger partial charge on any atom is 0.321 e. The average molecular weight is 449 g/mol. The number of hydrogen-bond acceptors (Lipinski definition) is 5. The number of hydrogen-bond donors (Lipinski definition) is 3. The fourth-order valence-corrected chi connectivity index (χ4v) is 4.26. The molecule has 0 aliphatic heterocycles. The first-order valence-electron chi connectivity index (χ1n) is 10.9. The van der Waals surface area contributed by atoms with Crippen molar-refractivity contribution in [2.24, 2.45) is 0 Å². The van der Waals surface area contributed by atoms with Gasteiger partial charge in [-0.15, -0.1) is 5.10 Å². The summed E-state index contributed by atoms with van der Waals surface area (Å²) >= 11 is 0. The minimum atomic E-state index is -0.729. The van der Waals surface area contributed by atoms with E-state index in [-0.39, 0.29) is 24.4 Å². The molecule has 1 aliphatic rings. The second-order valence-corrected chi connectivity index (χ2v) is 8.74. The van der Waals surface area contributed by atoms with E-state index in [1.807, 2.05) is 68.4 Å². The number of fused-ring (bicyclic) bond motifs is 1. The highest BCUT2D eigenvalue weighted by Crippen LogP contribution is 2.39. The molecular formula is C25H28N4O4. The Kier molecular flexibility index (Phi) is 6.20. The second kappa shape index (κ2) is 9.07. The van der Waals surface area contributed by atoms with Gasteiger partial charge < -0.3 is 15.2 Å². The van der Waals surface area contributed by atoms with Gasteiger partial charge in [0.05, 0.1) is 17.9 Å². The van der Waals surface area contributed by atoms with Gasteiger partial charge in [-0.2, -0.15) is 0 Å². The lowest BCUT2D eigenvalue weighted by atomic mass is 9.70. The number of carbonyl (C=O) groups is 2. The van der Waals surface area contributed by atoms with Gasteiger partial charge in [0, 0.05) is 6.42 Å². The smallest absolute Gasteiger partial charge is 0.321 e. The number of anilines is 1. The Bertz CT molecular complexity index is 1170. The molecule has 4 rings (SSSR count). The number of aliphatic hydroxyl groups excluding tert-OH is 1. The van der Waals surface area contributed by atoms with Crippen molar-refractivity contribution in [2.75, 3.05) is 18.5 Å². The molecular weight excluding hydrogens is 420 g/mol. The molecule has 2 amide bonds. The summed E-state index contributed by atoms with van der Waals surface area (Å²) in [5.41, 5.74) is 2.92. The Labute approximate surface area is 192 Å². The van der Waals surface area contributed by atoms with Crippen molar-refractivity contribution < 1.29 is 19.4 Å². The van der Waals surface area contributed by atoms with Crippen LogP contribution in [0.1, 0.15) is 43.0 Å². The van der Waals surface area contributed by atoms with Gasteiger partial charge in [-0.25, -0.2) is 9.48 Å². The number of Topliss-reactive ketones (excluding diaryl/α,β-unsaturated/α-hetero) is 1. The lowest BCUT2D eigenvalue weighted by Crippen LogP contribution is -2.43. The Morgan fingerprint density at radius 1 is 1.18 bits per heavy atom. The topological polar surface area (TPSA) is 105 Å². The monoisotopic (exact) mass is 448 g/mol. The molecule has 0 radical (unpaired) electrons. The third kappa shape index (κ3) is 4.47. The number of para-hydroxylation sites is 1. The number of aromatic nitrogens is 2. The van der Waals surface area contributed by atoms with Gasteiger partial charge in [0.2, 0.25) is 5.88 Å². The molecule has 1 aliphatic carbocycles. The van der Waals surface area contributed by atoms with E-state index in [9.17, 15) is 9.59 Å². The fraction of sp³-hybridized carbons (Fsp3) is 0.320. The van der Waals surface area contributed by atoms with Crippen LogP contribution in [0, 0.1) is 6.92 Å². The second-order valence-electron chi connectivity index (χ2n) is 8.74. The SMILES string of the molecule is Cc1c(OCCO)nn(-c2ccccc2)c1NC(=O)N[C@H]1C(=O)CC(C)(C)c2ccccc21. The number of ketones is 1. The number of ether oxygens (including phenoxy) is 1. The first-order chi connectivity index (χ1) is 15.8. The van der Waals surface area contributed by atoms with E-state index in [1.54, 1.807) is 11.6 Å². The van der Waals surface area contributed by atoms with Crippen LogP contribution in [0.4, 0.5) is 10.6 Å². The molecule has 0 unspecified atom stereocenters. The van der Waals surface area contributed by atoms with E-state index < -0.39 is 12.1 Å². The third-order valence-corrected chi connectivity index (χ3v) is 5.86. The largest absolute Gasteiger partial charge is 0.474 e. The zero-order chi connectivity index (χ0) is 23.6. The summed E-state index contributed by atoms with van der Waals surface area (Å²) < 4.78 is 7.11. The van der Waals surface area contributed by atoms with Crippen LogP contribution in [-0.2, 0) is 10.2 Å². The molecule has 8 nitrogen and oxygen atoms in total. The van der Waals surface area contributed by atoms with E-state index in [0.29, 0.717) is 23.7 Å². The Hall–Kier alpha value is -3.65. The van der Waals surface area contributed by atoms with Crippen molar-refractivity contribution >= 4 is 17.6 Å². The summed E-state index contributed by atoms with van der Waals surface area (Å²) in [5.74, 6) is 0.696. The van der Waals surface area contributed by atoms with Crippen LogP contribution in [0.5, 0.6) is 5.88 Å². The molecule has 3 aromatic rings. The van der Waals surface area contributed by atoms with Gasteiger partial charge in [0.25, 0.3) is 0 Å². The van der Waals surface area contributed by atoms with Gasteiger partial charge >= 0.3 is 6.03 Å². The first kappa shape index (κ1) is 22.5. The van der Waals surface area contributed by atoms with Crippen LogP contribution in [0.15, 0.2) is 54.6 Å². The third-order valence-electron chi connectivity index (χ3n) is 5.86. The number of aliphatic hydroxyl groups is 1. The molecule has 0 bridgehead atoms. The zero-order valence-corrected chi connectivity index (χ0v) is 19.0. The van der Waals surface area contributed by atoms with Gasteiger partial charge in [-0.05, 0) is 35.6 Å². The van der Waals surface area contributed by atoms with Crippen molar-refractivity contribution in [3.05, 3.63) is 71.3 Å². The number of carbonyl (C=O) groups excluding carboxylic acids is 2. The maximum atomic E-state index is 13.1. The molecule has 1 aromatic heterocycles. The van der Waals surface area contributed by atoms with Crippen LogP contribution in [0.2, 0.25) is 0 Å². The normalized spacial score (nSPS) is 16.7. The van der Waals surface area contributed by atoms with E-state index in [1.165, 1.54) is 0 Å². The van der Waals surface area contributed by atoms with Crippen LogP contribution in [0.25, 0.3) is 5.69 Å². The highest BCUT2D eigenvalue weighted by molar-refractivity contribution is 5.96. The molecule has 2 aromatic carbocycles. The summed E-state index contributed by atoms with van der Waals surface area (Å²) in [6, 6.07) is 15.8. The Morgan fingerprint density at radius 3 is 2.61 bits per heavy atom. The molecule has 0 saturated carbocycles.